The number of para-hydroxylation sites is 1. The molecule has 0 saturated carbocycles. The number of aromatic carboxylic acids is 1. The minimum Gasteiger partial charge on any atom is -0.477 e. The van der Waals surface area contributed by atoms with Crippen molar-refractivity contribution in [2.45, 2.75) is 6.42 Å². The predicted molar refractivity (Wildman–Crippen MR) is 96.7 cm³/mol. The van der Waals surface area contributed by atoms with E-state index in [1.54, 1.807) is 30.3 Å². The molecule has 0 fully saturated rings. The molecule has 4 aromatic rings. The van der Waals surface area contributed by atoms with Crippen LogP contribution in [-0.2, 0) is 6.42 Å². The Morgan fingerprint density at radius 1 is 1.11 bits per heavy atom. The Kier molecular flexibility index (Phi) is 3.24. The van der Waals surface area contributed by atoms with E-state index >= 15 is 0 Å². The van der Waals surface area contributed by atoms with Crippen molar-refractivity contribution >= 4 is 27.9 Å². The molecule has 0 amide bonds. The molecule has 27 heavy (non-hydrogen) atoms. The standard InChI is InChI=1S/C20H13NO6/c22-18-11-3-1-2-4-13(11)27-19-12(21-17(16(18)19)20(23)24)7-10-5-6-14-15(8-10)26-9-25-14/h1-6,8,21H,7,9H2,(H,23,24). The predicted octanol–water partition coefficient (Wildman–Crippen LogP) is 3.29. The Hall–Kier alpha value is -3.74. The molecule has 1 aliphatic heterocycles. The van der Waals surface area contributed by atoms with Gasteiger partial charge < -0.3 is 24.0 Å². The van der Waals surface area contributed by atoms with Crippen LogP contribution in [-0.4, -0.2) is 22.9 Å². The number of aromatic amines is 1. The molecule has 0 saturated heterocycles. The number of carbonyl (C=O) groups is 1. The van der Waals surface area contributed by atoms with Crippen molar-refractivity contribution in [1.82, 2.24) is 4.98 Å². The van der Waals surface area contributed by atoms with Gasteiger partial charge in [-0.1, -0.05) is 18.2 Å². The molecule has 0 aliphatic carbocycles. The molecule has 0 bridgehead atoms. The fourth-order valence-corrected chi connectivity index (χ4v) is 3.39. The van der Waals surface area contributed by atoms with Gasteiger partial charge in [0.1, 0.15) is 11.3 Å². The van der Waals surface area contributed by atoms with Crippen molar-refractivity contribution in [3.8, 4) is 11.5 Å². The van der Waals surface area contributed by atoms with Crippen LogP contribution in [0.5, 0.6) is 11.5 Å². The lowest BCUT2D eigenvalue weighted by molar-refractivity contribution is 0.0693. The molecular weight excluding hydrogens is 350 g/mol. The average molecular weight is 363 g/mol. The topological polar surface area (TPSA) is 102 Å². The van der Waals surface area contributed by atoms with E-state index in [4.69, 9.17) is 13.9 Å². The summed E-state index contributed by atoms with van der Waals surface area (Å²) >= 11 is 0. The van der Waals surface area contributed by atoms with Gasteiger partial charge in [0.25, 0.3) is 0 Å². The van der Waals surface area contributed by atoms with Gasteiger partial charge in [-0.3, -0.25) is 4.79 Å². The number of hydrogen-bond acceptors (Lipinski definition) is 5. The summed E-state index contributed by atoms with van der Waals surface area (Å²) < 4.78 is 16.6. The van der Waals surface area contributed by atoms with E-state index in [9.17, 15) is 14.7 Å². The molecule has 3 heterocycles. The molecule has 5 rings (SSSR count). The lowest BCUT2D eigenvalue weighted by atomic mass is 10.1. The van der Waals surface area contributed by atoms with E-state index in [1.165, 1.54) is 0 Å². The summed E-state index contributed by atoms with van der Waals surface area (Å²) in [6.07, 6.45) is 0.349. The number of benzene rings is 2. The third-order valence-corrected chi connectivity index (χ3v) is 4.63. The van der Waals surface area contributed by atoms with Crippen molar-refractivity contribution in [2.24, 2.45) is 0 Å². The first-order valence-corrected chi connectivity index (χ1v) is 8.30. The molecule has 0 radical (unpaired) electrons. The summed E-state index contributed by atoms with van der Waals surface area (Å²) in [6, 6.07) is 12.3. The van der Waals surface area contributed by atoms with Gasteiger partial charge in [0, 0.05) is 6.42 Å². The molecule has 0 unspecified atom stereocenters. The first-order valence-electron chi connectivity index (χ1n) is 8.30. The fourth-order valence-electron chi connectivity index (χ4n) is 3.39. The average Bonchev–Trinajstić information content (AvgIpc) is 3.27. The zero-order chi connectivity index (χ0) is 18.5. The van der Waals surface area contributed by atoms with Gasteiger partial charge >= 0.3 is 5.97 Å². The molecule has 0 atom stereocenters. The number of nitrogens with one attached hydrogen (secondary N) is 1. The summed E-state index contributed by atoms with van der Waals surface area (Å²) in [5.41, 5.74) is 1.53. The van der Waals surface area contributed by atoms with Crippen LogP contribution in [0.3, 0.4) is 0 Å². The summed E-state index contributed by atoms with van der Waals surface area (Å²) in [5, 5.41) is 9.94. The largest absolute Gasteiger partial charge is 0.477 e. The maximum atomic E-state index is 12.9. The molecular formula is C20H13NO6. The van der Waals surface area contributed by atoms with E-state index in [2.05, 4.69) is 4.98 Å². The Balaban J connectivity index is 1.72. The molecule has 0 spiro atoms. The Labute approximate surface area is 151 Å². The van der Waals surface area contributed by atoms with Crippen LogP contribution in [0.4, 0.5) is 0 Å². The van der Waals surface area contributed by atoms with Gasteiger partial charge in [-0.25, -0.2) is 4.79 Å². The van der Waals surface area contributed by atoms with Crippen molar-refractivity contribution in [2.75, 3.05) is 6.79 Å². The maximum Gasteiger partial charge on any atom is 0.353 e. The molecule has 7 heteroatoms. The van der Waals surface area contributed by atoms with Crippen molar-refractivity contribution in [3.63, 3.8) is 0 Å². The highest BCUT2D eigenvalue weighted by Crippen LogP contribution is 2.34. The van der Waals surface area contributed by atoms with Crippen LogP contribution in [0.1, 0.15) is 21.7 Å². The minimum absolute atomic E-state index is 0.0527. The fraction of sp³-hybridized carbons (Fsp3) is 0.100. The van der Waals surface area contributed by atoms with Gasteiger partial charge in [0.15, 0.2) is 17.1 Å². The second-order valence-electron chi connectivity index (χ2n) is 6.28. The molecule has 7 nitrogen and oxygen atoms in total. The Bertz CT molecular complexity index is 1280. The Morgan fingerprint density at radius 2 is 1.93 bits per heavy atom. The Morgan fingerprint density at radius 3 is 2.78 bits per heavy atom. The highest BCUT2D eigenvalue weighted by Gasteiger charge is 2.23. The molecule has 2 N–H and O–H groups in total. The van der Waals surface area contributed by atoms with Crippen LogP contribution < -0.4 is 14.9 Å². The van der Waals surface area contributed by atoms with Gasteiger partial charge in [-0.2, -0.15) is 0 Å². The van der Waals surface area contributed by atoms with Crippen LogP contribution in [0.15, 0.2) is 51.7 Å². The van der Waals surface area contributed by atoms with Crippen molar-refractivity contribution in [3.05, 3.63) is 69.6 Å². The third-order valence-electron chi connectivity index (χ3n) is 4.63. The smallest absolute Gasteiger partial charge is 0.353 e. The molecule has 2 aromatic carbocycles. The zero-order valence-corrected chi connectivity index (χ0v) is 13.9. The molecule has 2 aromatic heterocycles. The SMILES string of the molecule is O=C(O)c1[nH]c(Cc2ccc3c(c2)OCO3)c2oc3ccccc3c(=O)c12. The summed E-state index contributed by atoms with van der Waals surface area (Å²) in [6.45, 7) is 0.175. The highest BCUT2D eigenvalue weighted by molar-refractivity contribution is 6.04. The first kappa shape index (κ1) is 15.5. The van der Waals surface area contributed by atoms with Crippen molar-refractivity contribution < 1.29 is 23.8 Å². The van der Waals surface area contributed by atoms with Crippen LogP contribution in [0.2, 0.25) is 0 Å². The minimum atomic E-state index is -1.21. The zero-order valence-electron chi connectivity index (χ0n) is 13.9. The lowest BCUT2D eigenvalue weighted by Gasteiger charge is -2.03. The van der Waals surface area contributed by atoms with Gasteiger partial charge in [0.05, 0.1) is 16.5 Å². The number of fused-ring (bicyclic) bond motifs is 3. The molecule has 134 valence electrons. The number of aromatic nitrogens is 1. The van der Waals surface area contributed by atoms with E-state index in [0.29, 0.717) is 34.6 Å². The van der Waals surface area contributed by atoms with E-state index in [-0.39, 0.29) is 28.9 Å². The normalized spacial score (nSPS) is 12.7. The summed E-state index contributed by atoms with van der Waals surface area (Å²) in [5.74, 6) is 0.0899. The monoisotopic (exact) mass is 363 g/mol. The van der Waals surface area contributed by atoms with Gasteiger partial charge in [0.2, 0.25) is 12.2 Å². The van der Waals surface area contributed by atoms with Gasteiger partial charge in [-0.05, 0) is 29.8 Å². The number of carboxylic acids is 1. The van der Waals surface area contributed by atoms with Crippen molar-refractivity contribution in [1.29, 1.82) is 0 Å². The molecule has 1 aliphatic rings. The third kappa shape index (κ3) is 2.36. The summed E-state index contributed by atoms with van der Waals surface area (Å²) in [4.78, 5) is 27.4. The second-order valence-corrected chi connectivity index (χ2v) is 6.28. The second kappa shape index (κ2) is 5.63. The quantitative estimate of drug-likeness (QED) is 0.579. The van der Waals surface area contributed by atoms with Crippen LogP contribution in [0.25, 0.3) is 21.9 Å². The highest BCUT2D eigenvalue weighted by atomic mass is 16.7. The van der Waals surface area contributed by atoms with Gasteiger partial charge in [-0.15, -0.1) is 0 Å². The van der Waals surface area contributed by atoms with E-state index < -0.39 is 5.97 Å². The lowest BCUT2D eigenvalue weighted by Crippen LogP contribution is -2.06. The number of ether oxygens (including phenoxy) is 2. The maximum absolute atomic E-state index is 12.9. The van der Waals surface area contributed by atoms with E-state index in [1.807, 2.05) is 12.1 Å². The number of H-pyrrole nitrogens is 1. The number of hydrogen-bond donors (Lipinski definition) is 2. The first-order chi connectivity index (χ1) is 13.1. The summed E-state index contributed by atoms with van der Waals surface area (Å²) in [7, 11) is 0. The number of carboxylic acid groups (broad SMARTS) is 1. The van der Waals surface area contributed by atoms with E-state index in [0.717, 1.165) is 5.56 Å². The van der Waals surface area contributed by atoms with Crippen LogP contribution >= 0.6 is 0 Å². The van der Waals surface area contributed by atoms with Crippen LogP contribution in [0, 0.1) is 0 Å². The number of rotatable bonds is 3.